The molecule has 9 atom stereocenters. The van der Waals surface area contributed by atoms with Crippen molar-refractivity contribution < 1.29 is 19.4 Å². The Labute approximate surface area is 188 Å². The van der Waals surface area contributed by atoms with E-state index in [9.17, 15) is 14.7 Å². The summed E-state index contributed by atoms with van der Waals surface area (Å²) >= 11 is 0. The standard InChI is InChI=1S/C27H42O4/c1-6-18-22-15-17(28)11-13-27(22,4)21-12-14-26(3)19(16(2)7-10-23(29)31-5)8-9-20(26)24(21)25(18)30/h6,16-17,19-22,24,28H,7-15H2,1-5H3/t16-,17-,19?,20?,21?,22?,24?,26-,27-/m1/s1. The molecule has 0 saturated heterocycles. The van der Waals surface area contributed by atoms with E-state index in [1.165, 1.54) is 20.0 Å². The number of allylic oxidation sites excluding steroid dienone is 2. The van der Waals surface area contributed by atoms with Gasteiger partial charge in [-0.15, -0.1) is 0 Å². The third kappa shape index (κ3) is 3.52. The molecule has 174 valence electrons. The van der Waals surface area contributed by atoms with Crippen molar-refractivity contribution in [3.8, 4) is 0 Å². The van der Waals surface area contributed by atoms with Crippen LogP contribution in [0.25, 0.3) is 0 Å². The predicted molar refractivity (Wildman–Crippen MR) is 121 cm³/mol. The summed E-state index contributed by atoms with van der Waals surface area (Å²) in [5.41, 5.74) is 1.33. The van der Waals surface area contributed by atoms with E-state index in [-0.39, 0.29) is 34.7 Å². The summed E-state index contributed by atoms with van der Waals surface area (Å²) in [7, 11) is 1.47. The molecule has 4 heteroatoms. The largest absolute Gasteiger partial charge is 0.469 e. The highest BCUT2D eigenvalue weighted by Gasteiger charge is 2.64. The topological polar surface area (TPSA) is 63.6 Å². The fourth-order valence-corrected chi connectivity index (χ4v) is 8.81. The van der Waals surface area contributed by atoms with Crippen LogP contribution in [-0.4, -0.2) is 30.1 Å². The van der Waals surface area contributed by atoms with Crippen molar-refractivity contribution in [2.24, 2.45) is 46.3 Å². The highest BCUT2D eigenvalue weighted by atomic mass is 16.5. The summed E-state index contributed by atoms with van der Waals surface area (Å²) in [5, 5.41) is 10.4. The van der Waals surface area contributed by atoms with Gasteiger partial charge >= 0.3 is 5.97 Å². The van der Waals surface area contributed by atoms with Crippen LogP contribution >= 0.6 is 0 Å². The fraction of sp³-hybridized carbons (Fsp3) is 0.852. The number of rotatable bonds is 4. The first-order valence-corrected chi connectivity index (χ1v) is 12.6. The Hall–Kier alpha value is -1.16. The lowest BCUT2D eigenvalue weighted by Crippen LogP contribution is -2.58. The molecule has 0 aromatic carbocycles. The summed E-state index contributed by atoms with van der Waals surface area (Å²) in [6.07, 6.45) is 10.4. The number of methoxy groups -OCH3 is 1. The second-order valence-electron chi connectivity index (χ2n) is 11.7. The van der Waals surface area contributed by atoms with Gasteiger partial charge in [0, 0.05) is 12.3 Å². The van der Waals surface area contributed by atoms with Crippen molar-refractivity contribution in [2.45, 2.75) is 91.6 Å². The van der Waals surface area contributed by atoms with E-state index in [0.29, 0.717) is 35.9 Å². The molecule has 4 nitrogen and oxygen atoms in total. The van der Waals surface area contributed by atoms with E-state index in [1.807, 2.05) is 6.92 Å². The Morgan fingerprint density at radius 1 is 1.16 bits per heavy atom. The maximum absolute atomic E-state index is 13.9. The van der Waals surface area contributed by atoms with E-state index >= 15 is 0 Å². The molecule has 4 aliphatic rings. The van der Waals surface area contributed by atoms with Crippen molar-refractivity contribution in [3.05, 3.63) is 11.6 Å². The van der Waals surface area contributed by atoms with Crippen LogP contribution in [0.5, 0.6) is 0 Å². The quantitative estimate of drug-likeness (QED) is 0.484. The molecule has 0 bridgehead atoms. The molecule has 0 aromatic heterocycles. The van der Waals surface area contributed by atoms with Crippen molar-refractivity contribution in [3.63, 3.8) is 0 Å². The molecule has 0 spiro atoms. The maximum atomic E-state index is 13.9. The number of Topliss-reactive ketones (excluding diaryl/α,β-unsaturated/α-hetero) is 1. The number of esters is 1. The van der Waals surface area contributed by atoms with Gasteiger partial charge in [-0.25, -0.2) is 0 Å². The van der Waals surface area contributed by atoms with E-state index in [0.717, 1.165) is 44.1 Å². The third-order valence-corrected chi connectivity index (χ3v) is 10.5. The van der Waals surface area contributed by atoms with Crippen LogP contribution in [0.2, 0.25) is 0 Å². The first kappa shape index (κ1) is 23.0. The number of ketones is 1. The zero-order chi connectivity index (χ0) is 22.6. The summed E-state index contributed by atoms with van der Waals surface area (Å²) in [4.78, 5) is 25.6. The first-order chi connectivity index (χ1) is 14.7. The predicted octanol–water partition coefficient (Wildman–Crippen LogP) is 5.33. The van der Waals surface area contributed by atoms with Gasteiger partial charge in [0.05, 0.1) is 13.2 Å². The van der Waals surface area contributed by atoms with Gasteiger partial charge in [0.25, 0.3) is 0 Å². The smallest absolute Gasteiger partial charge is 0.305 e. The summed E-state index contributed by atoms with van der Waals surface area (Å²) in [5.74, 6) is 2.57. The van der Waals surface area contributed by atoms with E-state index in [1.54, 1.807) is 0 Å². The third-order valence-electron chi connectivity index (χ3n) is 10.5. The SMILES string of the molecule is CC=C1C(=O)C2C(CC[C@@]3(C)C2CCC3[C@H](C)CCC(=O)OC)[C@@]2(C)CC[C@@H](O)CC12. The van der Waals surface area contributed by atoms with Gasteiger partial charge in [0.1, 0.15) is 0 Å². The van der Waals surface area contributed by atoms with Crippen LogP contribution in [0.15, 0.2) is 11.6 Å². The van der Waals surface area contributed by atoms with Gasteiger partial charge in [-0.2, -0.15) is 0 Å². The fourth-order valence-electron chi connectivity index (χ4n) is 8.81. The van der Waals surface area contributed by atoms with Gasteiger partial charge in [-0.3, -0.25) is 9.59 Å². The second kappa shape index (κ2) is 8.32. The highest BCUT2D eigenvalue weighted by Crippen LogP contribution is 2.68. The molecule has 4 saturated carbocycles. The zero-order valence-corrected chi connectivity index (χ0v) is 20.2. The highest BCUT2D eigenvalue weighted by molar-refractivity contribution is 5.99. The van der Waals surface area contributed by atoms with Crippen LogP contribution in [-0.2, 0) is 14.3 Å². The lowest BCUT2D eigenvalue weighted by molar-refractivity contribution is -0.150. The number of aliphatic hydroxyl groups is 1. The minimum Gasteiger partial charge on any atom is -0.469 e. The van der Waals surface area contributed by atoms with Crippen LogP contribution in [0, 0.1) is 46.3 Å². The molecule has 1 N–H and O–H groups in total. The van der Waals surface area contributed by atoms with E-state index in [4.69, 9.17) is 4.74 Å². The lowest BCUT2D eigenvalue weighted by Gasteiger charge is -2.61. The molecule has 0 heterocycles. The number of carbonyl (C=O) groups is 2. The second-order valence-corrected chi connectivity index (χ2v) is 11.7. The molecule has 4 aliphatic carbocycles. The Morgan fingerprint density at radius 3 is 2.52 bits per heavy atom. The van der Waals surface area contributed by atoms with Crippen molar-refractivity contribution >= 4 is 11.8 Å². The number of carbonyl (C=O) groups excluding carboxylic acids is 2. The zero-order valence-electron chi connectivity index (χ0n) is 20.2. The maximum Gasteiger partial charge on any atom is 0.305 e. The minimum atomic E-state index is -0.266. The molecular formula is C27H42O4. The van der Waals surface area contributed by atoms with Crippen LogP contribution in [0.3, 0.4) is 0 Å². The van der Waals surface area contributed by atoms with Gasteiger partial charge < -0.3 is 9.84 Å². The summed E-state index contributed by atoms with van der Waals surface area (Å²) in [6.45, 7) is 9.18. The summed E-state index contributed by atoms with van der Waals surface area (Å²) < 4.78 is 4.87. The van der Waals surface area contributed by atoms with Crippen molar-refractivity contribution in [2.75, 3.05) is 7.11 Å². The Kier molecular flexibility index (Phi) is 6.17. The van der Waals surface area contributed by atoms with E-state index < -0.39 is 0 Å². The Bertz CT molecular complexity index is 756. The molecule has 31 heavy (non-hydrogen) atoms. The Morgan fingerprint density at radius 2 is 1.84 bits per heavy atom. The van der Waals surface area contributed by atoms with Crippen LogP contribution in [0.1, 0.15) is 85.5 Å². The first-order valence-electron chi connectivity index (χ1n) is 12.6. The van der Waals surface area contributed by atoms with Crippen molar-refractivity contribution in [1.29, 1.82) is 0 Å². The molecular weight excluding hydrogens is 388 g/mol. The number of hydrogen-bond donors (Lipinski definition) is 1. The average Bonchev–Trinajstić information content (AvgIpc) is 3.10. The molecule has 5 unspecified atom stereocenters. The Balaban J connectivity index is 1.61. The molecule has 4 rings (SSSR count). The number of aliphatic hydroxyl groups excluding tert-OH is 1. The molecule has 4 fully saturated rings. The average molecular weight is 431 g/mol. The minimum absolute atomic E-state index is 0.117. The molecule has 0 aromatic rings. The monoisotopic (exact) mass is 430 g/mol. The molecule has 0 radical (unpaired) electrons. The van der Waals surface area contributed by atoms with Gasteiger partial charge in [0.2, 0.25) is 0 Å². The molecule has 0 aliphatic heterocycles. The number of hydrogen-bond acceptors (Lipinski definition) is 4. The van der Waals surface area contributed by atoms with E-state index in [2.05, 4.69) is 26.8 Å². The van der Waals surface area contributed by atoms with Gasteiger partial charge in [-0.1, -0.05) is 26.8 Å². The summed E-state index contributed by atoms with van der Waals surface area (Å²) in [6, 6.07) is 0. The van der Waals surface area contributed by atoms with Crippen LogP contribution < -0.4 is 0 Å². The number of fused-ring (bicyclic) bond motifs is 5. The molecule has 0 amide bonds. The van der Waals surface area contributed by atoms with Crippen molar-refractivity contribution in [1.82, 2.24) is 0 Å². The van der Waals surface area contributed by atoms with Gasteiger partial charge in [-0.05, 0) is 104 Å². The van der Waals surface area contributed by atoms with Gasteiger partial charge in [0.15, 0.2) is 5.78 Å². The lowest BCUT2D eigenvalue weighted by atomic mass is 9.43. The van der Waals surface area contributed by atoms with Crippen LogP contribution in [0.4, 0.5) is 0 Å². The normalized spacial score (nSPS) is 46.8. The number of ether oxygens (including phenoxy) is 1.